The summed E-state index contributed by atoms with van der Waals surface area (Å²) < 4.78 is 50.2. The zero-order valence-corrected chi connectivity index (χ0v) is 11.5. The van der Waals surface area contributed by atoms with Gasteiger partial charge in [0.2, 0.25) is 0 Å². The van der Waals surface area contributed by atoms with Crippen LogP contribution >= 0.6 is 0 Å². The number of hydrogen-bond acceptors (Lipinski definition) is 4. The van der Waals surface area contributed by atoms with Crippen LogP contribution < -0.4 is 4.90 Å². The maximum atomic E-state index is 13.1. The summed E-state index contributed by atoms with van der Waals surface area (Å²) in [7, 11) is 0. The van der Waals surface area contributed by atoms with E-state index in [2.05, 4.69) is 4.98 Å². The van der Waals surface area contributed by atoms with Crippen LogP contribution in [0.3, 0.4) is 0 Å². The van der Waals surface area contributed by atoms with Crippen molar-refractivity contribution in [3.63, 3.8) is 0 Å². The van der Waals surface area contributed by atoms with Gasteiger partial charge in [0.15, 0.2) is 6.29 Å². The van der Waals surface area contributed by atoms with Crippen LogP contribution in [-0.2, 0) is 15.7 Å². The minimum atomic E-state index is -4.39. The second-order valence-corrected chi connectivity index (χ2v) is 5.33. The Hall–Kier alpha value is -1.34. The largest absolute Gasteiger partial charge is 0.419 e. The van der Waals surface area contributed by atoms with E-state index >= 15 is 0 Å². The molecule has 0 aromatic carbocycles. The van der Waals surface area contributed by atoms with Crippen molar-refractivity contribution in [2.75, 3.05) is 31.2 Å². The van der Waals surface area contributed by atoms with Crippen LogP contribution in [0.15, 0.2) is 18.3 Å². The summed E-state index contributed by atoms with van der Waals surface area (Å²) in [5, 5.41) is 0. The fraction of sp³-hybridized carbons (Fsp3) is 0.643. The van der Waals surface area contributed by atoms with E-state index in [4.69, 9.17) is 9.47 Å². The molecule has 0 unspecified atom stereocenters. The highest BCUT2D eigenvalue weighted by atomic mass is 19.4. The fourth-order valence-corrected chi connectivity index (χ4v) is 2.94. The fourth-order valence-electron chi connectivity index (χ4n) is 2.94. The summed E-state index contributed by atoms with van der Waals surface area (Å²) in [6, 6.07) is 2.39. The molecule has 0 aliphatic carbocycles. The lowest BCUT2D eigenvalue weighted by molar-refractivity contribution is -0.137. The monoisotopic (exact) mass is 302 g/mol. The number of aromatic nitrogens is 1. The summed E-state index contributed by atoms with van der Waals surface area (Å²) in [6.45, 7) is 2.16. The number of halogens is 3. The molecule has 7 heteroatoms. The van der Waals surface area contributed by atoms with Gasteiger partial charge in [-0.25, -0.2) is 4.98 Å². The lowest BCUT2D eigenvalue weighted by Gasteiger charge is -2.36. The first kappa shape index (κ1) is 14.6. The smallest absolute Gasteiger partial charge is 0.356 e. The van der Waals surface area contributed by atoms with Gasteiger partial charge in [0, 0.05) is 25.2 Å². The van der Waals surface area contributed by atoms with Crippen LogP contribution in [0.2, 0.25) is 0 Å². The topological polar surface area (TPSA) is 34.6 Å². The number of hydrogen-bond donors (Lipinski definition) is 0. The van der Waals surface area contributed by atoms with Crippen LogP contribution in [0.4, 0.5) is 19.0 Å². The maximum absolute atomic E-state index is 13.1. The Morgan fingerprint density at radius 1 is 1.24 bits per heavy atom. The van der Waals surface area contributed by atoms with E-state index in [-0.39, 0.29) is 18.0 Å². The molecule has 116 valence electrons. The number of anilines is 1. The number of pyridine rings is 1. The van der Waals surface area contributed by atoms with E-state index in [0.29, 0.717) is 26.3 Å². The molecule has 0 spiro atoms. The molecule has 3 heterocycles. The Morgan fingerprint density at radius 3 is 2.71 bits per heavy atom. The lowest BCUT2D eigenvalue weighted by Crippen LogP contribution is -2.42. The standard InChI is InChI=1S/C14H17F3N2O2/c15-14(16,17)11-4-1-5-18-12(11)19-6-2-3-10(9-19)13-20-7-8-21-13/h1,4-5,10,13H,2-3,6-9H2/t10-/m1/s1. The van der Waals surface area contributed by atoms with Gasteiger partial charge in [0.05, 0.1) is 18.8 Å². The molecule has 0 saturated carbocycles. The molecule has 3 rings (SSSR count). The molecular formula is C14H17F3N2O2. The average Bonchev–Trinajstić information content (AvgIpc) is 3.01. The normalized spacial score (nSPS) is 24.5. The Kier molecular flexibility index (Phi) is 4.03. The predicted molar refractivity (Wildman–Crippen MR) is 69.9 cm³/mol. The van der Waals surface area contributed by atoms with Crippen LogP contribution in [0.5, 0.6) is 0 Å². The maximum Gasteiger partial charge on any atom is 0.419 e. The van der Waals surface area contributed by atoms with Crippen LogP contribution in [-0.4, -0.2) is 37.6 Å². The van der Waals surface area contributed by atoms with Gasteiger partial charge in [0.25, 0.3) is 0 Å². The van der Waals surface area contributed by atoms with E-state index in [1.807, 2.05) is 0 Å². The van der Waals surface area contributed by atoms with Gasteiger partial charge in [-0.1, -0.05) is 0 Å². The third kappa shape index (κ3) is 3.13. The summed E-state index contributed by atoms with van der Waals surface area (Å²) in [5.74, 6) is 0.0945. The number of alkyl halides is 3. The molecule has 2 aliphatic heterocycles. The second kappa shape index (κ2) is 5.81. The van der Waals surface area contributed by atoms with Crippen LogP contribution in [0.1, 0.15) is 18.4 Å². The van der Waals surface area contributed by atoms with Gasteiger partial charge in [-0.2, -0.15) is 13.2 Å². The summed E-state index contributed by atoms with van der Waals surface area (Å²) in [5.41, 5.74) is -0.682. The molecule has 1 aromatic heterocycles. The van der Waals surface area contributed by atoms with Gasteiger partial charge in [0.1, 0.15) is 5.82 Å². The molecule has 0 bridgehead atoms. The first-order valence-corrected chi connectivity index (χ1v) is 7.06. The van der Waals surface area contributed by atoms with Crippen molar-refractivity contribution in [3.05, 3.63) is 23.9 Å². The lowest BCUT2D eigenvalue weighted by atomic mass is 9.97. The molecule has 0 N–H and O–H groups in total. The predicted octanol–water partition coefficient (Wildman–Crippen LogP) is 2.69. The zero-order valence-electron chi connectivity index (χ0n) is 11.5. The Labute approximate surface area is 120 Å². The van der Waals surface area contributed by atoms with Crippen molar-refractivity contribution in [2.24, 2.45) is 5.92 Å². The highest BCUT2D eigenvalue weighted by Gasteiger charge is 2.38. The van der Waals surface area contributed by atoms with Crippen molar-refractivity contribution in [1.29, 1.82) is 0 Å². The molecule has 21 heavy (non-hydrogen) atoms. The van der Waals surface area contributed by atoms with Crippen LogP contribution in [0.25, 0.3) is 0 Å². The van der Waals surface area contributed by atoms with E-state index in [1.165, 1.54) is 12.3 Å². The minimum Gasteiger partial charge on any atom is -0.356 e. The Bertz CT molecular complexity index is 489. The number of nitrogens with zero attached hydrogens (tertiary/aromatic N) is 2. The van der Waals surface area contributed by atoms with Crippen molar-refractivity contribution >= 4 is 5.82 Å². The third-order valence-corrected chi connectivity index (χ3v) is 3.88. The average molecular weight is 302 g/mol. The molecule has 4 nitrogen and oxygen atoms in total. The number of piperidine rings is 1. The molecule has 0 amide bonds. The van der Waals surface area contributed by atoms with Crippen LogP contribution in [0, 0.1) is 5.92 Å². The van der Waals surface area contributed by atoms with E-state index in [1.54, 1.807) is 4.90 Å². The van der Waals surface area contributed by atoms with Crippen molar-refractivity contribution in [3.8, 4) is 0 Å². The number of rotatable bonds is 2. The summed E-state index contributed by atoms with van der Waals surface area (Å²) in [4.78, 5) is 5.65. The van der Waals surface area contributed by atoms with Gasteiger partial charge >= 0.3 is 6.18 Å². The Balaban J connectivity index is 1.80. The molecular weight excluding hydrogens is 285 g/mol. The van der Waals surface area contributed by atoms with E-state index in [9.17, 15) is 13.2 Å². The van der Waals surface area contributed by atoms with Gasteiger partial charge < -0.3 is 14.4 Å². The SMILES string of the molecule is FC(F)(F)c1cccnc1N1CCC[C@@H](C2OCCO2)C1. The second-order valence-electron chi connectivity index (χ2n) is 5.33. The van der Waals surface area contributed by atoms with Gasteiger partial charge in [-0.15, -0.1) is 0 Å². The highest BCUT2D eigenvalue weighted by molar-refractivity contribution is 5.48. The molecule has 2 aliphatic rings. The quantitative estimate of drug-likeness (QED) is 0.841. The zero-order chi connectivity index (χ0) is 14.9. The summed E-state index contributed by atoms with van der Waals surface area (Å²) >= 11 is 0. The van der Waals surface area contributed by atoms with E-state index in [0.717, 1.165) is 18.9 Å². The van der Waals surface area contributed by atoms with Gasteiger partial charge in [-0.3, -0.25) is 0 Å². The number of ether oxygens (including phenoxy) is 2. The molecule has 0 radical (unpaired) electrons. The first-order chi connectivity index (χ1) is 10.1. The molecule has 2 fully saturated rings. The molecule has 1 atom stereocenters. The molecule has 1 aromatic rings. The Morgan fingerprint density at radius 2 is 2.00 bits per heavy atom. The van der Waals surface area contributed by atoms with Gasteiger partial charge in [-0.05, 0) is 25.0 Å². The summed E-state index contributed by atoms with van der Waals surface area (Å²) in [6.07, 6.45) is -1.59. The third-order valence-electron chi connectivity index (χ3n) is 3.88. The van der Waals surface area contributed by atoms with Crippen molar-refractivity contribution in [2.45, 2.75) is 25.3 Å². The van der Waals surface area contributed by atoms with Crippen molar-refractivity contribution < 1.29 is 22.6 Å². The van der Waals surface area contributed by atoms with Crippen molar-refractivity contribution in [1.82, 2.24) is 4.98 Å². The highest BCUT2D eigenvalue weighted by Crippen LogP contribution is 2.37. The van der Waals surface area contributed by atoms with E-state index < -0.39 is 11.7 Å². The molecule has 2 saturated heterocycles. The minimum absolute atomic E-state index is 0.00713. The first-order valence-electron chi connectivity index (χ1n) is 7.06.